The first-order valence-corrected chi connectivity index (χ1v) is 9.35. The second-order valence-electron chi connectivity index (χ2n) is 7.55. The number of carbonyl (C=O) groups excluding carboxylic acids is 1. The van der Waals surface area contributed by atoms with Gasteiger partial charge in [-0.05, 0) is 63.3 Å². The van der Waals surface area contributed by atoms with Gasteiger partial charge in [0, 0.05) is 25.5 Å². The van der Waals surface area contributed by atoms with Crippen molar-refractivity contribution in [3.8, 4) is 0 Å². The van der Waals surface area contributed by atoms with Gasteiger partial charge >= 0.3 is 6.09 Å². The van der Waals surface area contributed by atoms with Crippen LogP contribution in [0, 0.1) is 0 Å². The van der Waals surface area contributed by atoms with Crippen LogP contribution >= 0.6 is 0 Å². The first-order chi connectivity index (χ1) is 12.4. The highest BCUT2D eigenvalue weighted by Gasteiger charge is 2.21. The first-order valence-electron chi connectivity index (χ1n) is 9.35. The lowest BCUT2D eigenvalue weighted by molar-refractivity contribution is 0.0230. The Morgan fingerprint density at radius 3 is 2.31 bits per heavy atom. The Kier molecular flexibility index (Phi) is 7.64. The maximum atomic E-state index is 12.5. The molecule has 1 aromatic carbocycles. The van der Waals surface area contributed by atoms with Gasteiger partial charge in [-0.25, -0.2) is 4.79 Å². The van der Waals surface area contributed by atoms with Gasteiger partial charge in [0.05, 0.1) is 0 Å². The molecule has 2 aromatic rings. The summed E-state index contributed by atoms with van der Waals surface area (Å²) < 4.78 is 5.58. The Hall–Kier alpha value is -2.36. The van der Waals surface area contributed by atoms with Gasteiger partial charge < -0.3 is 9.64 Å². The van der Waals surface area contributed by atoms with E-state index in [1.54, 1.807) is 0 Å². The van der Waals surface area contributed by atoms with Gasteiger partial charge in [-0.1, -0.05) is 36.8 Å². The molecule has 0 unspecified atom stereocenters. The third kappa shape index (κ3) is 7.68. The number of nitrogens with zero attached hydrogens (tertiary/aromatic N) is 2. The lowest BCUT2D eigenvalue weighted by Gasteiger charge is -2.27. The van der Waals surface area contributed by atoms with Crippen molar-refractivity contribution in [2.45, 2.75) is 58.6 Å². The molecule has 0 atom stereocenters. The number of pyridine rings is 1. The molecule has 0 saturated carbocycles. The van der Waals surface area contributed by atoms with E-state index in [0.29, 0.717) is 13.1 Å². The molecule has 1 amide bonds. The Labute approximate surface area is 157 Å². The van der Waals surface area contributed by atoms with E-state index in [1.165, 1.54) is 5.56 Å². The SMILES string of the molecule is CC(C)(C)OC(=O)N(CCCCCc1ccncc1)Cc1ccccc1. The van der Waals surface area contributed by atoms with Crippen molar-refractivity contribution in [1.29, 1.82) is 0 Å². The Balaban J connectivity index is 1.83. The van der Waals surface area contributed by atoms with Crippen LogP contribution in [0.2, 0.25) is 0 Å². The molecule has 0 spiro atoms. The second kappa shape index (κ2) is 9.95. The van der Waals surface area contributed by atoms with Crippen LogP contribution in [-0.4, -0.2) is 28.1 Å². The number of carbonyl (C=O) groups is 1. The summed E-state index contributed by atoms with van der Waals surface area (Å²) in [5, 5.41) is 0. The van der Waals surface area contributed by atoms with Crippen LogP contribution in [0.5, 0.6) is 0 Å². The fraction of sp³-hybridized carbons (Fsp3) is 0.455. The zero-order valence-electron chi connectivity index (χ0n) is 16.1. The van der Waals surface area contributed by atoms with Gasteiger partial charge in [0.1, 0.15) is 5.60 Å². The number of amides is 1. The Bertz CT molecular complexity index is 651. The smallest absolute Gasteiger partial charge is 0.410 e. The van der Waals surface area contributed by atoms with E-state index in [9.17, 15) is 4.79 Å². The van der Waals surface area contributed by atoms with E-state index in [2.05, 4.69) is 17.1 Å². The van der Waals surface area contributed by atoms with Gasteiger partial charge in [0.15, 0.2) is 0 Å². The van der Waals surface area contributed by atoms with Gasteiger partial charge in [0.25, 0.3) is 0 Å². The molecule has 0 radical (unpaired) electrons. The molecule has 0 saturated heterocycles. The first kappa shape index (κ1) is 20.0. The molecule has 4 nitrogen and oxygen atoms in total. The summed E-state index contributed by atoms with van der Waals surface area (Å²) in [4.78, 5) is 18.4. The van der Waals surface area contributed by atoms with Crippen molar-refractivity contribution in [3.05, 3.63) is 66.0 Å². The highest BCUT2D eigenvalue weighted by atomic mass is 16.6. The highest BCUT2D eigenvalue weighted by molar-refractivity contribution is 5.68. The van der Waals surface area contributed by atoms with Crippen LogP contribution in [0.4, 0.5) is 4.79 Å². The number of hydrogen-bond donors (Lipinski definition) is 0. The van der Waals surface area contributed by atoms with E-state index < -0.39 is 5.60 Å². The minimum absolute atomic E-state index is 0.240. The monoisotopic (exact) mass is 354 g/mol. The molecule has 0 aliphatic heterocycles. The number of aromatic nitrogens is 1. The Morgan fingerprint density at radius 2 is 1.65 bits per heavy atom. The molecule has 26 heavy (non-hydrogen) atoms. The lowest BCUT2D eigenvalue weighted by Crippen LogP contribution is -2.37. The van der Waals surface area contributed by atoms with Crippen molar-refractivity contribution >= 4 is 6.09 Å². The quantitative estimate of drug-likeness (QED) is 0.609. The average Bonchev–Trinajstić information content (AvgIpc) is 2.61. The van der Waals surface area contributed by atoms with Gasteiger partial charge in [-0.15, -0.1) is 0 Å². The molecule has 140 valence electrons. The van der Waals surface area contributed by atoms with Gasteiger partial charge in [-0.3, -0.25) is 4.98 Å². The molecule has 1 heterocycles. The Morgan fingerprint density at radius 1 is 0.962 bits per heavy atom. The summed E-state index contributed by atoms with van der Waals surface area (Å²) >= 11 is 0. The number of hydrogen-bond acceptors (Lipinski definition) is 3. The van der Waals surface area contributed by atoms with E-state index in [-0.39, 0.29) is 6.09 Å². The van der Waals surface area contributed by atoms with Crippen LogP contribution in [0.3, 0.4) is 0 Å². The second-order valence-corrected chi connectivity index (χ2v) is 7.55. The summed E-state index contributed by atoms with van der Waals surface area (Å²) in [5.74, 6) is 0. The summed E-state index contributed by atoms with van der Waals surface area (Å²) in [6.45, 7) is 7.00. The molecule has 0 aliphatic carbocycles. The van der Waals surface area contributed by atoms with E-state index in [1.807, 2.05) is 68.4 Å². The minimum atomic E-state index is -0.479. The van der Waals surface area contributed by atoms with Crippen LogP contribution in [0.1, 0.15) is 51.2 Å². The molecule has 0 aliphatic rings. The van der Waals surface area contributed by atoms with Crippen LogP contribution < -0.4 is 0 Å². The summed E-state index contributed by atoms with van der Waals surface area (Å²) in [7, 11) is 0. The average molecular weight is 354 g/mol. The normalized spacial score (nSPS) is 11.2. The van der Waals surface area contributed by atoms with E-state index in [4.69, 9.17) is 4.74 Å². The number of aryl methyl sites for hydroxylation is 1. The van der Waals surface area contributed by atoms with Crippen LogP contribution in [0.15, 0.2) is 54.9 Å². The summed E-state index contributed by atoms with van der Waals surface area (Å²) in [6.07, 6.45) is 7.63. The zero-order valence-corrected chi connectivity index (χ0v) is 16.1. The van der Waals surface area contributed by atoms with Crippen molar-refractivity contribution in [2.24, 2.45) is 0 Å². The third-order valence-corrected chi connectivity index (χ3v) is 4.01. The summed E-state index contributed by atoms with van der Waals surface area (Å²) in [6, 6.07) is 14.2. The molecule has 1 aromatic heterocycles. The minimum Gasteiger partial charge on any atom is -0.444 e. The van der Waals surface area contributed by atoms with Gasteiger partial charge in [0.2, 0.25) is 0 Å². The van der Waals surface area contributed by atoms with Crippen LogP contribution in [-0.2, 0) is 17.7 Å². The predicted molar refractivity (Wildman–Crippen MR) is 105 cm³/mol. The number of rotatable bonds is 8. The number of benzene rings is 1. The molecule has 4 heteroatoms. The zero-order chi connectivity index (χ0) is 18.8. The maximum Gasteiger partial charge on any atom is 0.410 e. The maximum absolute atomic E-state index is 12.5. The molecular formula is C22H30N2O2. The van der Waals surface area contributed by atoms with Crippen molar-refractivity contribution < 1.29 is 9.53 Å². The molecule has 0 fully saturated rings. The fourth-order valence-electron chi connectivity index (χ4n) is 2.72. The molecular weight excluding hydrogens is 324 g/mol. The standard InChI is InChI=1S/C22H30N2O2/c1-22(2,3)26-21(25)24(18-20-11-6-4-7-12-20)17-9-5-8-10-19-13-15-23-16-14-19/h4,6-7,11-16H,5,8-10,17-18H2,1-3H3. The summed E-state index contributed by atoms with van der Waals surface area (Å²) in [5.41, 5.74) is 1.95. The van der Waals surface area contributed by atoms with Crippen molar-refractivity contribution in [3.63, 3.8) is 0 Å². The molecule has 0 bridgehead atoms. The third-order valence-electron chi connectivity index (χ3n) is 4.01. The lowest BCUT2D eigenvalue weighted by atomic mass is 10.1. The highest BCUT2D eigenvalue weighted by Crippen LogP contribution is 2.14. The molecule has 2 rings (SSSR count). The van der Waals surface area contributed by atoms with E-state index in [0.717, 1.165) is 31.2 Å². The molecule has 0 N–H and O–H groups in total. The van der Waals surface area contributed by atoms with Crippen LogP contribution in [0.25, 0.3) is 0 Å². The fourth-order valence-corrected chi connectivity index (χ4v) is 2.72. The van der Waals surface area contributed by atoms with Crippen molar-refractivity contribution in [1.82, 2.24) is 9.88 Å². The topological polar surface area (TPSA) is 42.4 Å². The number of ether oxygens (including phenoxy) is 1. The van der Waals surface area contributed by atoms with Gasteiger partial charge in [-0.2, -0.15) is 0 Å². The van der Waals surface area contributed by atoms with Crippen molar-refractivity contribution in [2.75, 3.05) is 6.54 Å². The largest absolute Gasteiger partial charge is 0.444 e. The predicted octanol–water partition coefficient (Wildman–Crippen LogP) is 5.23. The van der Waals surface area contributed by atoms with E-state index >= 15 is 0 Å². The number of unbranched alkanes of at least 4 members (excludes halogenated alkanes) is 2.